The topological polar surface area (TPSA) is 68.1 Å². The van der Waals surface area contributed by atoms with Crippen LogP contribution in [0.2, 0.25) is 0 Å². The van der Waals surface area contributed by atoms with Gasteiger partial charge in [0.05, 0.1) is 5.39 Å². The largest absolute Gasteiger partial charge is 0.340 e. The molecule has 0 saturated heterocycles. The second kappa shape index (κ2) is 6.92. The lowest BCUT2D eigenvalue weighted by atomic mass is 10.2. The summed E-state index contributed by atoms with van der Waals surface area (Å²) in [6, 6.07) is 14.6. The molecule has 0 aliphatic heterocycles. The van der Waals surface area contributed by atoms with Gasteiger partial charge in [0.15, 0.2) is 0 Å². The average Bonchev–Trinajstić information content (AvgIpc) is 2.59. The van der Waals surface area contributed by atoms with Crippen LogP contribution >= 0.6 is 15.9 Å². The second-order valence-corrected chi connectivity index (χ2v) is 6.26. The Labute approximate surface area is 146 Å². The van der Waals surface area contributed by atoms with Crippen molar-refractivity contribution in [3.63, 3.8) is 0 Å². The van der Waals surface area contributed by atoms with Crippen molar-refractivity contribution < 1.29 is 4.79 Å². The third-order valence-corrected chi connectivity index (χ3v) is 4.48. The molecule has 1 amide bonds. The van der Waals surface area contributed by atoms with Crippen LogP contribution in [-0.2, 0) is 17.9 Å². The number of carbonyl (C=O) groups is 1. The molecule has 3 aromatic rings. The quantitative estimate of drug-likeness (QED) is 0.689. The van der Waals surface area contributed by atoms with E-state index in [4.69, 9.17) is 0 Å². The Bertz CT molecular complexity index is 954. The summed E-state index contributed by atoms with van der Waals surface area (Å²) >= 11 is 3.46. The molecule has 122 valence electrons. The summed E-state index contributed by atoms with van der Waals surface area (Å²) in [7, 11) is 1.70. The molecule has 0 radical (unpaired) electrons. The molecule has 24 heavy (non-hydrogen) atoms. The lowest BCUT2D eigenvalue weighted by molar-refractivity contribution is -0.131. The van der Waals surface area contributed by atoms with E-state index in [1.807, 2.05) is 24.3 Å². The maximum absolute atomic E-state index is 12.4. The van der Waals surface area contributed by atoms with Crippen molar-refractivity contribution in [1.29, 1.82) is 0 Å². The van der Waals surface area contributed by atoms with Gasteiger partial charge >= 0.3 is 0 Å². The molecule has 0 aliphatic rings. The zero-order valence-electron chi connectivity index (χ0n) is 13.0. The number of fused-ring (bicyclic) bond motifs is 1. The molecule has 0 N–H and O–H groups in total. The average molecular weight is 387 g/mol. The summed E-state index contributed by atoms with van der Waals surface area (Å²) in [6.07, 6.45) is 0. The Balaban J connectivity index is 1.78. The highest BCUT2D eigenvalue weighted by atomic mass is 79.9. The third kappa shape index (κ3) is 3.35. The van der Waals surface area contributed by atoms with E-state index in [1.165, 1.54) is 0 Å². The summed E-state index contributed by atoms with van der Waals surface area (Å²) < 4.78 is 2.04. The number of hydrogen-bond donors (Lipinski definition) is 0. The molecule has 0 fully saturated rings. The fourth-order valence-corrected chi connectivity index (χ4v) is 2.76. The van der Waals surface area contributed by atoms with Gasteiger partial charge in [0.25, 0.3) is 5.56 Å². The smallest absolute Gasteiger partial charge is 0.278 e. The summed E-state index contributed by atoms with van der Waals surface area (Å²) in [5.74, 6) is -0.211. The molecule has 1 aromatic heterocycles. The maximum atomic E-state index is 12.4. The predicted octanol–water partition coefficient (Wildman–Crippen LogP) is 2.21. The second-order valence-electron chi connectivity index (χ2n) is 5.41. The van der Waals surface area contributed by atoms with Crippen molar-refractivity contribution in [2.45, 2.75) is 13.1 Å². The Morgan fingerprint density at radius 1 is 1.17 bits per heavy atom. The van der Waals surface area contributed by atoms with Crippen LogP contribution in [0.4, 0.5) is 0 Å². The van der Waals surface area contributed by atoms with E-state index in [2.05, 4.69) is 26.2 Å². The number of hydrogen-bond acceptors (Lipinski definition) is 4. The molecule has 0 saturated carbocycles. The molecule has 2 aromatic carbocycles. The zero-order chi connectivity index (χ0) is 17.1. The third-order valence-electron chi connectivity index (χ3n) is 3.71. The number of carbonyl (C=O) groups excluding carboxylic acids is 1. The molecular formula is C17H15BrN4O2. The normalized spacial score (nSPS) is 10.8. The minimum absolute atomic E-state index is 0.141. The van der Waals surface area contributed by atoms with Crippen molar-refractivity contribution in [1.82, 2.24) is 19.9 Å². The number of likely N-dealkylation sites (N-methyl/N-ethyl adjacent to an activating group) is 1. The Hall–Kier alpha value is -2.54. The first kappa shape index (κ1) is 16.3. The summed E-state index contributed by atoms with van der Waals surface area (Å²) in [5.41, 5.74) is 1.20. The standard InChI is InChI=1S/C17H15BrN4O2/c1-21(10-12-6-2-4-8-14(12)18)16(23)11-22-17(24)13-7-3-5-9-15(13)19-20-22/h2-9H,10-11H2,1H3. The molecule has 7 heteroatoms. The van der Waals surface area contributed by atoms with Crippen LogP contribution in [0.1, 0.15) is 5.56 Å². The SMILES string of the molecule is CN(Cc1ccccc1Br)C(=O)Cn1nnc2ccccc2c1=O. The zero-order valence-corrected chi connectivity index (χ0v) is 14.6. The van der Waals surface area contributed by atoms with Gasteiger partial charge in [-0.15, -0.1) is 5.10 Å². The van der Waals surface area contributed by atoms with E-state index >= 15 is 0 Å². The Morgan fingerprint density at radius 3 is 2.67 bits per heavy atom. The highest BCUT2D eigenvalue weighted by molar-refractivity contribution is 9.10. The van der Waals surface area contributed by atoms with Gasteiger partial charge in [-0.05, 0) is 23.8 Å². The van der Waals surface area contributed by atoms with Gasteiger partial charge in [-0.2, -0.15) is 0 Å². The van der Waals surface area contributed by atoms with E-state index in [-0.39, 0.29) is 18.0 Å². The molecule has 0 aliphatic carbocycles. The van der Waals surface area contributed by atoms with Crippen molar-refractivity contribution in [2.24, 2.45) is 0 Å². The van der Waals surface area contributed by atoms with Gasteiger partial charge in [0.2, 0.25) is 5.91 Å². The van der Waals surface area contributed by atoms with Gasteiger partial charge in [-0.3, -0.25) is 9.59 Å². The van der Waals surface area contributed by atoms with Crippen LogP contribution < -0.4 is 5.56 Å². The minimum atomic E-state index is -0.316. The Kier molecular flexibility index (Phi) is 4.71. The van der Waals surface area contributed by atoms with E-state index in [0.717, 1.165) is 14.7 Å². The number of aromatic nitrogens is 3. The molecule has 0 atom stereocenters. The molecule has 3 rings (SSSR count). The van der Waals surface area contributed by atoms with Crippen LogP contribution in [0.5, 0.6) is 0 Å². The summed E-state index contributed by atoms with van der Waals surface area (Å²) in [5, 5.41) is 8.29. The van der Waals surface area contributed by atoms with Crippen molar-refractivity contribution in [3.8, 4) is 0 Å². The van der Waals surface area contributed by atoms with E-state index in [0.29, 0.717) is 17.4 Å². The van der Waals surface area contributed by atoms with E-state index in [1.54, 1.807) is 36.2 Å². The molecular weight excluding hydrogens is 372 g/mol. The monoisotopic (exact) mass is 386 g/mol. The fourth-order valence-electron chi connectivity index (χ4n) is 2.35. The number of halogens is 1. The minimum Gasteiger partial charge on any atom is -0.340 e. The van der Waals surface area contributed by atoms with Crippen LogP contribution in [0.15, 0.2) is 57.8 Å². The highest BCUT2D eigenvalue weighted by Crippen LogP contribution is 2.17. The number of benzene rings is 2. The van der Waals surface area contributed by atoms with Crippen molar-refractivity contribution >= 4 is 32.7 Å². The predicted molar refractivity (Wildman–Crippen MR) is 94.4 cm³/mol. The molecule has 6 nitrogen and oxygen atoms in total. The van der Waals surface area contributed by atoms with Crippen molar-refractivity contribution in [2.75, 3.05) is 7.05 Å². The summed E-state index contributed by atoms with van der Waals surface area (Å²) in [6.45, 7) is 0.299. The highest BCUT2D eigenvalue weighted by Gasteiger charge is 2.14. The van der Waals surface area contributed by atoms with Crippen LogP contribution in [0, 0.1) is 0 Å². The maximum Gasteiger partial charge on any atom is 0.278 e. The number of nitrogens with zero attached hydrogens (tertiary/aromatic N) is 4. The first-order valence-corrected chi connectivity index (χ1v) is 8.15. The molecule has 0 bridgehead atoms. The van der Waals surface area contributed by atoms with Gasteiger partial charge < -0.3 is 4.90 Å². The van der Waals surface area contributed by atoms with E-state index < -0.39 is 0 Å². The lowest BCUT2D eigenvalue weighted by Crippen LogP contribution is -2.35. The lowest BCUT2D eigenvalue weighted by Gasteiger charge is -2.18. The van der Waals surface area contributed by atoms with Gasteiger partial charge in [0, 0.05) is 18.1 Å². The number of amides is 1. The van der Waals surface area contributed by atoms with Crippen LogP contribution in [0.3, 0.4) is 0 Å². The molecule has 0 unspecified atom stereocenters. The van der Waals surface area contributed by atoms with Gasteiger partial charge in [-0.1, -0.05) is 51.5 Å². The van der Waals surface area contributed by atoms with Crippen LogP contribution in [-0.4, -0.2) is 32.8 Å². The van der Waals surface area contributed by atoms with Crippen molar-refractivity contribution in [3.05, 3.63) is 68.9 Å². The van der Waals surface area contributed by atoms with E-state index in [9.17, 15) is 9.59 Å². The molecule has 0 spiro atoms. The Morgan fingerprint density at radius 2 is 1.88 bits per heavy atom. The summed E-state index contributed by atoms with van der Waals surface area (Å²) in [4.78, 5) is 26.3. The first-order chi connectivity index (χ1) is 11.6. The van der Waals surface area contributed by atoms with Gasteiger partial charge in [-0.25, -0.2) is 4.68 Å². The number of rotatable bonds is 4. The van der Waals surface area contributed by atoms with Gasteiger partial charge in [0.1, 0.15) is 12.1 Å². The molecule has 1 heterocycles. The first-order valence-electron chi connectivity index (χ1n) is 7.36. The van der Waals surface area contributed by atoms with Crippen LogP contribution in [0.25, 0.3) is 10.9 Å². The fraction of sp³-hybridized carbons (Fsp3) is 0.176.